The zero-order chi connectivity index (χ0) is 11.6. The van der Waals surface area contributed by atoms with E-state index in [1.807, 2.05) is 32.0 Å². The predicted molar refractivity (Wildman–Crippen MR) is 65.6 cm³/mol. The Labute approximate surface area is 97.0 Å². The fourth-order valence-electron chi connectivity index (χ4n) is 1.83. The molecule has 1 atom stereocenters. The Hall–Kier alpha value is -1.46. The Kier molecular flexibility index (Phi) is 2.89. The zero-order valence-electron chi connectivity index (χ0n) is 9.79. The Morgan fingerprint density at radius 2 is 2.25 bits per heavy atom. The standard InChI is InChI=1S/C14H17NO/c1-4-14(2,3)15-9-11-10-16-13-8-6-5-7-12(11)13/h1,5-8,11,15H,9-10H2,2-3H3. The van der Waals surface area contributed by atoms with E-state index in [-0.39, 0.29) is 5.54 Å². The summed E-state index contributed by atoms with van der Waals surface area (Å²) in [5.41, 5.74) is 1.03. The second-order valence-corrected chi connectivity index (χ2v) is 4.70. The molecule has 0 aromatic heterocycles. The van der Waals surface area contributed by atoms with E-state index in [4.69, 9.17) is 11.2 Å². The molecular weight excluding hydrogens is 198 g/mol. The van der Waals surface area contributed by atoms with Crippen LogP contribution in [0.25, 0.3) is 0 Å². The van der Waals surface area contributed by atoms with Gasteiger partial charge in [-0.15, -0.1) is 6.42 Å². The highest BCUT2D eigenvalue weighted by Gasteiger charge is 2.25. The Morgan fingerprint density at radius 3 is 3.00 bits per heavy atom. The molecule has 1 aliphatic heterocycles. The third-order valence-corrected chi connectivity index (χ3v) is 2.95. The maximum absolute atomic E-state index is 5.62. The van der Waals surface area contributed by atoms with Crippen molar-refractivity contribution in [3.8, 4) is 18.1 Å². The van der Waals surface area contributed by atoms with Crippen molar-refractivity contribution in [2.75, 3.05) is 13.2 Å². The molecule has 0 aliphatic carbocycles. The van der Waals surface area contributed by atoms with Gasteiger partial charge in [0.2, 0.25) is 0 Å². The lowest BCUT2D eigenvalue weighted by atomic mass is 9.99. The van der Waals surface area contributed by atoms with Crippen molar-refractivity contribution in [3.05, 3.63) is 29.8 Å². The summed E-state index contributed by atoms with van der Waals surface area (Å²) in [5, 5.41) is 3.38. The van der Waals surface area contributed by atoms with Gasteiger partial charge in [0.25, 0.3) is 0 Å². The molecule has 0 fully saturated rings. The number of benzene rings is 1. The molecule has 0 amide bonds. The second kappa shape index (κ2) is 4.19. The molecule has 0 saturated carbocycles. The summed E-state index contributed by atoms with van der Waals surface area (Å²) in [5.74, 6) is 4.15. The monoisotopic (exact) mass is 215 g/mol. The smallest absolute Gasteiger partial charge is 0.122 e. The van der Waals surface area contributed by atoms with Crippen molar-refractivity contribution in [1.29, 1.82) is 0 Å². The van der Waals surface area contributed by atoms with Gasteiger partial charge in [0, 0.05) is 18.0 Å². The van der Waals surface area contributed by atoms with E-state index < -0.39 is 0 Å². The minimum absolute atomic E-state index is 0.252. The number of terminal acetylenes is 1. The number of hydrogen-bond donors (Lipinski definition) is 1. The van der Waals surface area contributed by atoms with E-state index in [9.17, 15) is 0 Å². The van der Waals surface area contributed by atoms with Crippen molar-refractivity contribution in [2.24, 2.45) is 0 Å². The second-order valence-electron chi connectivity index (χ2n) is 4.70. The lowest BCUT2D eigenvalue weighted by Gasteiger charge is -2.21. The van der Waals surface area contributed by atoms with Crippen LogP contribution in [-0.4, -0.2) is 18.7 Å². The molecule has 2 nitrogen and oxygen atoms in total. The largest absolute Gasteiger partial charge is 0.493 e. The SMILES string of the molecule is C#CC(C)(C)NCC1COc2ccccc21. The Balaban J connectivity index is 2.02. The topological polar surface area (TPSA) is 21.3 Å². The molecule has 1 unspecified atom stereocenters. The molecule has 1 aliphatic rings. The first-order valence-electron chi connectivity index (χ1n) is 5.57. The highest BCUT2D eigenvalue weighted by molar-refractivity contribution is 5.39. The fraction of sp³-hybridized carbons (Fsp3) is 0.429. The molecule has 1 aromatic carbocycles. The zero-order valence-corrected chi connectivity index (χ0v) is 9.79. The highest BCUT2D eigenvalue weighted by Crippen LogP contribution is 2.33. The number of rotatable bonds is 3. The normalized spacial score (nSPS) is 18.7. The summed E-state index contributed by atoms with van der Waals surface area (Å²) in [6.07, 6.45) is 5.44. The fourth-order valence-corrected chi connectivity index (χ4v) is 1.83. The van der Waals surface area contributed by atoms with Crippen LogP contribution in [0.3, 0.4) is 0 Å². The molecule has 0 bridgehead atoms. The summed E-state index contributed by atoms with van der Waals surface area (Å²) in [6.45, 7) is 5.62. The maximum Gasteiger partial charge on any atom is 0.122 e. The van der Waals surface area contributed by atoms with Crippen LogP contribution in [0.4, 0.5) is 0 Å². The van der Waals surface area contributed by atoms with Crippen LogP contribution < -0.4 is 10.1 Å². The molecule has 16 heavy (non-hydrogen) atoms. The summed E-state index contributed by atoms with van der Waals surface area (Å²) in [4.78, 5) is 0. The van der Waals surface area contributed by atoms with Gasteiger partial charge in [0.1, 0.15) is 5.75 Å². The van der Waals surface area contributed by atoms with Crippen molar-refractivity contribution in [1.82, 2.24) is 5.32 Å². The van der Waals surface area contributed by atoms with Crippen LogP contribution in [0, 0.1) is 12.3 Å². The van der Waals surface area contributed by atoms with E-state index in [0.29, 0.717) is 5.92 Å². The predicted octanol–water partition coefficient (Wildman–Crippen LogP) is 2.16. The van der Waals surface area contributed by atoms with E-state index in [0.717, 1.165) is 18.9 Å². The number of fused-ring (bicyclic) bond motifs is 1. The molecule has 0 spiro atoms. The third-order valence-electron chi connectivity index (χ3n) is 2.95. The van der Waals surface area contributed by atoms with Crippen molar-refractivity contribution in [2.45, 2.75) is 25.3 Å². The van der Waals surface area contributed by atoms with Crippen molar-refractivity contribution >= 4 is 0 Å². The average Bonchev–Trinajstić information content (AvgIpc) is 2.70. The van der Waals surface area contributed by atoms with E-state index >= 15 is 0 Å². The van der Waals surface area contributed by atoms with Crippen LogP contribution in [0.1, 0.15) is 25.3 Å². The van der Waals surface area contributed by atoms with Crippen molar-refractivity contribution in [3.63, 3.8) is 0 Å². The molecule has 1 N–H and O–H groups in total. The summed E-state index contributed by atoms with van der Waals surface area (Å²) >= 11 is 0. The number of hydrogen-bond acceptors (Lipinski definition) is 2. The van der Waals surface area contributed by atoms with Gasteiger partial charge in [0.05, 0.1) is 12.1 Å². The lowest BCUT2D eigenvalue weighted by Crippen LogP contribution is -2.40. The quantitative estimate of drug-likeness (QED) is 0.780. The molecule has 2 rings (SSSR count). The maximum atomic E-state index is 5.62. The van der Waals surface area contributed by atoms with Gasteiger partial charge in [-0.05, 0) is 19.9 Å². The van der Waals surface area contributed by atoms with Gasteiger partial charge in [-0.1, -0.05) is 24.1 Å². The highest BCUT2D eigenvalue weighted by atomic mass is 16.5. The van der Waals surface area contributed by atoms with Crippen LogP contribution in [-0.2, 0) is 0 Å². The van der Waals surface area contributed by atoms with Crippen LogP contribution in [0.15, 0.2) is 24.3 Å². The number of ether oxygens (including phenoxy) is 1. The van der Waals surface area contributed by atoms with Crippen LogP contribution >= 0.6 is 0 Å². The molecule has 0 radical (unpaired) electrons. The first-order chi connectivity index (χ1) is 7.62. The van der Waals surface area contributed by atoms with E-state index in [1.54, 1.807) is 0 Å². The lowest BCUT2D eigenvalue weighted by molar-refractivity contribution is 0.319. The molecule has 1 heterocycles. The number of para-hydroxylation sites is 1. The number of nitrogens with one attached hydrogen (secondary N) is 1. The Bertz CT molecular complexity index is 417. The van der Waals surface area contributed by atoms with Gasteiger partial charge in [-0.2, -0.15) is 0 Å². The molecule has 1 aromatic rings. The van der Waals surface area contributed by atoms with Crippen molar-refractivity contribution < 1.29 is 4.74 Å². The van der Waals surface area contributed by atoms with E-state index in [2.05, 4.69) is 17.3 Å². The van der Waals surface area contributed by atoms with Gasteiger partial charge < -0.3 is 10.1 Å². The van der Waals surface area contributed by atoms with Gasteiger partial charge >= 0.3 is 0 Å². The van der Waals surface area contributed by atoms with Gasteiger partial charge in [0.15, 0.2) is 0 Å². The molecule has 2 heteroatoms. The van der Waals surface area contributed by atoms with E-state index in [1.165, 1.54) is 5.56 Å². The average molecular weight is 215 g/mol. The summed E-state index contributed by atoms with van der Waals surface area (Å²) in [7, 11) is 0. The minimum Gasteiger partial charge on any atom is -0.493 e. The summed E-state index contributed by atoms with van der Waals surface area (Å²) < 4.78 is 5.62. The van der Waals surface area contributed by atoms with Gasteiger partial charge in [-0.25, -0.2) is 0 Å². The molecule has 0 saturated heterocycles. The first kappa shape index (κ1) is 11.0. The summed E-state index contributed by atoms with van der Waals surface area (Å²) in [6, 6.07) is 8.19. The minimum atomic E-state index is -0.252. The first-order valence-corrected chi connectivity index (χ1v) is 5.57. The van der Waals surface area contributed by atoms with Crippen LogP contribution in [0.5, 0.6) is 5.75 Å². The molecule has 84 valence electrons. The molecular formula is C14H17NO. The van der Waals surface area contributed by atoms with Gasteiger partial charge in [-0.3, -0.25) is 0 Å². The Morgan fingerprint density at radius 1 is 1.50 bits per heavy atom. The third kappa shape index (κ3) is 2.20. The van der Waals surface area contributed by atoms with Crippen LogP contribution in [0.2, 0.25) is 0 Å².